The van der Waals surface area contributed by atoms with Crippen LogP contribution in [-0.4, -0.2) is 15.2 Å². The molecule has 0 spiro atoms. The Kier molecular flexibility index (Phi) is 1.94. The van der Waals surface area contributed by atoms with E-state index in [4.69, 9.17) is 0 Å². The van der Waals surface area contributed by atoms with Crippen LogP contribution in [0.2, 0.25) is 0 Å². The molecule has 0 amide bonds. The molecule has 3 atom stereocenters. The Balaban J connectivity index is 2.42. The molecule has 1 fully saturated rings. The first-order valence-electron chi connectivity index (χ1n) is 3.50. The van der Waals surface area contributed by atoms with Crippen molar-refractivity contribution in [3.8, 4) is 0 Å². The highest BCUT2D eigenvalue weighted by Crippen LogP contribution is 2.29. The predicted molar refractivity (Wildman–Crippen MR) is 40.8 cm³/mol. The van der Waals surface area contributed by atoms with Gasteiger partial charge in [-0.3, -0.25) is 4.21 Å². The summed E-state index contributed by atoms with van der Waals surface area (Å²) < 4.78 is 10.9. The molecular formula is C7H14OS. The molecule has 0 aromatic carbocycles. The normalized spacial score (nSPS) is 42.9. The van der Waals surface area contributed by atoms with Crippen LogP contribution in [0.1, 0.15) is 20.8 Å². The van der Waals surface area contributed by atoms with Gasteiger partial charge >= 0.3 is 0 Å². The Morgan fingerprint density at radius 2 is 2.11 bits per heavy atom. The fourth-order valence-corrected chi connectivity index (χ4v) is 3.08. The van der Waals surface area contributed by atoms with Crippen LogP contribution >= 0.6 is 0 Å². The van der Waals surface area contributed by atoms with Crippen molar-refractivity contribution in [1.29, 1.82) is 0 Å². The SMILES string of the molecule is CC(C)C1CS(=O)[C@H]1C. The summed E-state index contributed by atoms with van der Waals surface area (Å²) in [6.07, 6.45) is 0. The first-order valence-corrected chi connectivity index (χ1v) is 4.88. The van der Waals surface area contributed by atoms with Crippen LogP contribution in [0.4, 0.5) is 0 Å². The van der Waals surface area contributed by atoms with Crippen molar-refractivity contribution in [3.05, 3.63) is 0 Å². The maximum Gasteiger partial charge on any atom is 0.0359 e. The third-order valence-corrected chi connectivity index (χ3v) is 4.12. The lowest BCUT2D eigenvalue weighted by molar-refractivity contribution is 0.384. The molecule has 1 aliphatic rings. The minimum absolute atomic E-state index is 0.463. The van der Waals surface area contributed by atoms with Crippen LogP contribution in [0.25, 0.3) is 0 Å². The van der Waals surface area contributed by atoms with Gasteiger partial charge in [-0.05, 0) is 11.8 Å². The van der Waals surface area contributed by atoms with Crippen molar-refractivity contribution in [1.82, 2.24) is 0 Å². The van der Waals surface area contributed by atoms with Crippen molar-refractivity contribution < 1.29 is 4.21 Å². The lowest BCUT2D eigenvalue weighted by Crippen LogP contribution is -2.43. The van der Waals surface area contributed by atoms with Gasteiger partial charge in [-0.25, -0.2) is 0 Å². The highest BCUT2D eigenvalue weighted by Gasteiger charge is 2.36. The standard InChI is InChI=1S/C7H14OS/c1-5(2)7-4-9(8)6(7)3/h5-7H,4H2,1-3H3/t6-,7?,9?/m0/s1. The van der Waals surface area contributed by atoms with E-state index in [1.54, 1.807) is 0 Å². The minimum atomic E-state index is -0.487. The smallest absolute Gasteiger partial charge is 0.0359 e. The summed E-state index contributed by atoms with van der Waals surface area (Å²) in [6, 6.07) is 0. The summed E-state index contributed by atoms with van der Waals surface area (Å²) >= 11 is 0. The van der Waals surface area contributed by atoms with Gasteiger partial charge in [-0.15, -0.1) is 0 Å². The van der Waals surface area contributed by atoms with Gasteiger partial charge in [0.2, 0.25) is 0 Å². The Bertz CT molecular complexity index is 131. The fraction of sp³-hybridized carbons (Fsp3) is 1.00. The zero-order chi connectivity index (χ0) is 7.02. The van der Waals surface area contributed by atoms with Gasteiger partial charge in [0, 0.05) is 21.8 Å². The lowest BCUT2D eigenvalue weighted by Gasteiger charge is -2.35. The maximum atomic E-state index is 10.9. The highest BCUT2D eigenvalue weighted by molar-refractivity contribution is 7.87. The molecule has 2 heteroatoms. The van der Waals surface area contributed by atoms with Crippen molar-refractivity contribution in [2.45, 2.75) is 26.0 Å². The summed E-state index contributed by atoms with van der Waals surface area (Å²) in [4.78, 5) is 0. The van der Waals surface area contributed by atoms with E-state index in [0.717, 1.165) is 17.6 Å². The largest absolute Gasteiger partial charge is 0.259 e. The minimum Gasteiger partial charge on any atom is -0.259 e. The van der Waals surface area contributed by atoms with Gasteiger partial charge < -0.3 is 0 Å². The quantitative estimate of drug-likeness (QED) is 0.546. The Morgan fingerprint density at radius 1 is 1.56 bits per heavy atom. The molecule has 1 aliphatic heterocycles. The van der Waals surface area contributed by atoms with Gasteiger partial charge in [-0.2, -0.15) is 0 Å². The molecule has 0 bridgehead atoms. The number of hydrogen-bond acceptors (Lipinski definition) is 1. The number of hydrogen-bond donors (Lipinski definition) is 0. The van der Waals surface area contributed by atoms with Crippen LogP contribution in [0.3, 0.4) is 0 Å². The van der Waals surface area contributed by atoms with Crippen LogP contribution in [0.15, 0.2) is 0 Å². The topological polar surface area (TPSA) is 17.1 Å². The lowest BCUT2D eigenvalue weighted by atomic mass is 9.94. The van der Waals surface area contributed by atoms with Crippen LogP contribution in [-0.2, 0) is 10.8 Å². The molecule has 0 radical (unpaired) electrons. The predicted octanol–water partition coefficient (Wildman–Crippen LogP) is 1.41. The van der Waals surface area contributed by atoms with E-state index in [0.29, 0.717) is 5.25 Å². The second kappa shape index (κ2) is 2.41. The molecule has 1 saturated heterocycles. The number of rotatable bonds is 1. The molecule has 1 rings (SSSR count). The van der Waals surface area contributed by atoms with E-state index in [1.807, 2.05) is 0 Å². The van der Waals surface area contributed by atoms with Gasteiger partial charge in [0.25, 0.3) is 0 Å². The zero-order valence-corrected chi connectivity index (χ0v) is 7.07. The van der Waals surface area contributed by atoms with Gasteiger partial charge in [-0.1, -0.05) is 20.8 Å². The third-order valence-electron chi connectivity index (χ3n) is 2.23. The molecular weight excluding hydrogens is 132 g/mol. The Labute approximate surface area is 59.3 Å². The molecule has 2 unspecified atom stereocenters. The summed E-state index contributed by atoms with van der Waals surface area (Å²) in [5, 5.41) is 0.463. The molecule has 0 aromatic rings. The van der Waals surface area contributed by atoms with Crippen LogP contribution in [0, 0.1) is 11.8 Å². The monoisotopic (exact) mass is 146 g/mol. The second-order valence-electron chi connectivity index (χ2n) is 3.16. The zero-order valence-electron chi connectivity index (χ0n) is 6.26. The summed E-state index contributed by atoms with van der Waals surface area (Å²) in [7, 11) is -0.487. The average Bonchev–Trinajstić information content (AvgIpc) is 1.81. The van der Waals surface area contributed by atoms with Gasteiger partial charge in [0.05, 0.1) is 0 Å². The summed E-state index contributed by atoms with van der Waals surface area (Å²) in [5.41, 5.74) is 0. The summed E-state index contributed by atoms with van der Waals surface area (Å²) in [5.74, 6) is 2.39. The highest BCUT2D eigenvalue weighted by atomic mass is 32.2. The van der Waals surface area contributed by atoms with Crippen molar-refractivity contribution in [3.63, 3.8) is 0 Å². The van der Waals surface area contributed by atoms with Crippen molar-refractivity contribution >= 4 is 10.8 Å². The maximum absolute atomic E-state index is 10.9. The second-order valence-corrected chi connectivity index (χ2v) is 5.00. The van der Waals surface area contributed by atoms with E-state index in [2.05, 4.69) is 20.8 Å². The molecule has 1 heterocycles. The molecule has 0 aliphatic carbocycles. The third kappa shape index (κ3) is 1.18. The van der Waals surface area contributed by atoms with E-state index >= 15 is 0 Å². The first-order chi connectivity index (χ1) is 4.13. The molecule has 0 aromatic heterocycles. The van der Waals surface area contributed by atoms with E-state index < -0.39 is 10.8 Å². The molecule has 0 saturated carbocycles. The average molecular weight is 146 g/mol. The van der Waals surface area contributed by atoms with Gasteiger partial charge in [0.1, 0.15) is 0 Å². The van der Waals surface area contributed by atoms with Crippen LogP contribution < -0.4 is 0 Å². The summed E-state index contributed by atoms with van der Waals surface area (Å²) in [6.45, 7) is 6.50. The Hall–Kier alpha value is 0.150. The van der Waals surface area contributed by atoms with Gasteiger partial charge in [0.15, 0.2) is 0 Å². The molecule has 54 valence electrons. The van der Waals surface area contributed by atoms with Crippen molar-refractivity contribution in [2.24, 2.45) is 11.8 Å². The van der Waals surface area contributed by atoms with E-state index in [1.165, 1.54) is 0 Å². The molecule has 0 N–H and O–H groups in total. The Morgan fingerprint density at radius 3 is 2.22 bits per heavy atom. The fourth-order valence-electron chi connectivity index (χ4n) is 1.28. The van der Waals surface area contributed by atoms with Crippen molar-refractivity contribution in [2.75, 3.05) is 5.75 Å². The van der Waals surface area contributed by atoms with E-state index in [9.17, 15) is 4.21 Å². The molecule has 9 heavy (non-hydrogen) atoms. The molecule has 1 nitrogen and oxygen atoms in total. The van der Waals surface area contributed by atoms with E-state index in [-0.39, 0.29) is 0 Å². The first kappa shape index (κ1) is 7.26. The van der Waals surface area contributed by atoms with Crippen LogP contribution in [0.5, 0.6) is 0 Å².